The summed E-state index contributed by atoms with van der Waals surface area (Å²) >= 11 is 3.29. The lowest BCUT2D eigenvalue weighted by molar-refractivity contribution is -0.121. The fourth-order valence-electron chi connectivity index (χ4n) is 1.80. The van der Waals surface area contributed by atoms with Gasteiger partial charge in [0.2, 0.25) is 5.91 Å². The lowest BCUT2D eigenvalue weighted by Crippen LogP contribution is -2.32. The van der Waals surface area contributed by atoms with Crippen LogP contribution in [0.5, 0.6) is 11.5 Å². The molecule has 1 aliphatic heterocycles. The number of ether oxygens (including phenoxy) is 2. The molecule has 0 aromatic heterocycles. The summed E-state index contributed by atoms with van der Waals surface area (Å²) in [6.07, 6.45) is 0. The van der Waals surface area contributed by atoms with Gasteiger partial charge in [-0.15, -0.1) is 0 Å². The predicted molar refractivity (Wildman–Crippen MR) is 72.6 cm³/mol. The topological polar surface area (TPSA) is 88.4 Å². The summed E-state index contributed by atoms with van der Waals surface area (Å²) in [6.45, 7) is 0.812. The summed E-state index contributed by atoms with van der Waals surface area (Å²) in [4.78, 5) is 23.7. The van der Waals surface area contributed by atoms with Gasteiger partial charge in [-0.05, 0) is 28.1 Å². The van der Waals surface area contributed by atoms with Crippen molar-refractivity contribution < 1.29 is 19.1 Å². The molecule has 1 amide bonds. The number of rotatable bonds is 3. The maximum atomic E-state index is 12.2. The average molecular weight is 339 g/mol. The minimum absolute atomic E-state index is 0.219. The first kappa shape index (κ1) is 14.3. The van der Waals surface area contributed by atoms with E-state index >= 15 is 0 Å². The maximum absolute atomic E-state index is 12.2. The summed E-state index contributed by atoms with van der Waals surface area (Å²) in [5.74, 6) is -1.66. The molecule has 104 valence electrons. The molecule has 0 radical (unpaired) electrons. The number of nitrogens with zero attached hydrogens (tertiary/aromatic N) is 1. The second-order valence-corrected chi connectivity index (χ2v) is 4.88. The highest BCUT2D eigenvalue weighted by atomic mass is 79.9. The Bertz CT molecular complexity index is 609. The molecular weight excluding hydrogens is 328 g/mol. The van der Waals surface area contributed by atoms with Crippen LogP contribution in [0, 0.1) is 17.2 Å². The Morgan fingerprint density at radius 3 is 2.75 bits per heavy atom. The highest BCUT2D eigenvalue weighted by Gasteiger charge is 2.28. The molecule has 6 nitrogen and oxygen atoms in total. The molecule has 1 aromatic carbocycles. The monoisotopic (exact) mass is 338 g/mol. The summed E-state index contributed by atoms with van der Waals surface area (Å²) in [5.41, 5.74) is 0.219. The summed E-state index contributed by atoms with van der Waals surface area (Å²) < 4.78 is 11.4. The molecule has 20 heavy (non-hydrogen) atoms. The zero-order chi connectivity index (χ0) is 14.7. The number of hydrogen-bond acceptors (Lipinski definition) is 5. The average Bonchev–Trinajstić information content (AvgIpc) is 2.47. The van der Waals surface area contributed by atoms with Crippen molar-refractivity contribution in [3.05, 3.63) is 22.2 Å². The van der Waals surface area contributed by atoms with Crippen molar-refractivity contribution in [3.8, 4) is 17.6 Å². The number of Topliss-reactive ketones (excluding diaryl/α,β-unsaturated/α-hetero) is 1. The standard InChI is InChI=1S/C13H11BrN2O4/c1-16-13(18)8(6-15)11(17)7-4-9(14)12-10(5-7)19-2-3-20-12/h4-5,8H,2-3H2,1H3,(H,16,18)/t8-/m0/s1. The first-order valence-corrected chi connectivity index (χ1v) is 6.62. The SMILES string of the molecule is CNC(=O)[C@@H](C#N)C(=O)c1cc(Br)c2c(c1)OCCO2. The number of hydrogen-bond donors (Lipinski definition) is 1. The van der Waals surface area contributed by atoms with Gasteiger partial charge in [-0.2, -0.15) is 5.26 Å². The van der Waals surface area contributed by atoms with Crippen molar-refractivity contribution in [2.24, 2.45) is 5.92 Å². The minimum Gasteiger partial charge on any atom is -0.486 e. The Morgan fingerprint density at radius 1 is 1.40 bits per heavy atom. The van der Waals surface area contributed by atoms with Crippen molar-refractivity contribution in [1.82, 2.24) is 5.32 Å². The number of ketones is 1. The number of nitriles is 1. The lowest BCUT2D eigenvalue weighted by Gasteiger charge is -2.20. The second kappa shape index (κ2) is 5.92. The van der Waals surface area contributed by atoms with Crippen molar-refractivity contribution in [2.75, 3.05) is 20.3 Å². The lowest BCUT2D eigenvalue weighted by atomic mass is 9.97. The number of amides is 1. The fraction of sp³-hybridized carbons (Fsp3) is 0.308. The van der Waals surface area contributed by atoms with Gasteiger partial charge in [0.25, 0.3) is 0 Å². The molecule has 1 aliphatic rings. The Morgan fingerprint density at radius 2 is 2.10 bits per heavy atom. The van der Waals surface area contributed by atoms with E-state index in [2.05, 4.69) is 21.2 Å². The van der Waals surface area contributed by atoms with Crippen LogP contribution in [0.3, 0.4) is 0 Å². The molecule has 0 aliphatic carbocycles. The van der Waals surface area contributed by atoms with Crippen LogP contribution in [-0.2, 0) is 4.79 Å². The van der Waals surface area contributed by atoms with Gasteiger partial charge in [-0.1, -0.05) is 0 Å². The first-order valence-electron chi connectivity index (χ1n) is 5.83. The van der Waals surface area contributed by atoms with Gasteiger partial charge in [0.1, 0.15) is 13.2 Å². The molecule has 1 N–H and O–H groups in total. The van der Waals surface area contributed by atoms with E-state index in [1.165, 1.54) is 19.2 Å². The van der Waals surface area contributed by atoms with Crippen molar-refractivity contribution in [1.29, 1.82) is 5.26 Å². The Balaban J connectivity index is 2.38. The van der Waals surface area contributed by atoms with E-state index in [4.69, 9.17) is 14.7 Å². The van der Waals surface area contributed by atoms with Gasteiger partial charge in [-0.25, -0.2) is 0 Å². The summed E-state index contributed by atoms with van der Waals surface area (Å²) in [7, 11) is 1.37. The number of halogens is 1. The molecule has 1 aromatic rings. The smallest absolute Gasteiger partial charge is 0.245 e. The van der Waals surface area contributed by atoms with Gasteiger partial charge < -0.3 is 14.8 Å². The van der Waals surface area contributed by atoms with Gasteiger partial charge in [0, 0.05) is 12.6 Å². The van der Waals surface area contributed by atoms with Gasteiger partial charge in [0.15, 0.2) is 23.2 Å². The van der Waals surface area contributed by atoms with Crippen LogP contribution in [0.15, 0.2) is 16.6 Å². The van der Waals surface area contributed by atoms with Crippen LogP contribution in [0.2, 0.25) is 0 Å². The van der Waals surface area contributed by atoms with Crippen LogP contribution in [-0.4, -0.2) is 32.0 Å². The van der Waals surface area contributed by atoms with Crippen LogP contribution < -0.4 is 14.8 Å². The maximum Gasteiger partial charge on any atom is 0.245 e. The fourth-order valence-corrected chi connectivity index (χ4v) is 2.36. The third kappa shape index (κ3) is 2.60. The first-order chi connectivity index (χ1) is 9.58. The largest absolute Gasteiger partial charge is 0.486 e. The molecule has 0 unspecified atom stereocenters. The molecule has 0 bridgehead atoms. The quantitative estimate of drug-likeness (QED) is 0.662. The number of carbonyl (C=O) groups excluding carboxylic acids is 2. The van der Waals surface area contributed by atoms with E-state index in [1.54, 1.807) is 6.07 Å². The molecule has 7 heteroatoms. The molecular formula is C13H11BrN2O4. The number of carbonyl (C=O) groups is 2. The third-order valence-corrected chi connectivity index (χ3v) is 3.37. The molecule has 1 heterocycles. The van der Waals surface area contributed by atoms with E-state index in [1.807, 2.05) is 0 Å². The van der Waals surface area contributed by atoms with E-state index in [0.717, 1.165) is 0 Å². The van der Waals surface area contributed by atoms with E-state index in [0.29, 0.717) is 29.2 Å². The molecule has 2 rings (SSSR count). The van der Waals surface area contributed by atoms with Crippen molar-refractivity contribution in [3.63, 3.8) is 0 Å². The molecule has 0 spiro atoms. The van der Waals surface area contributed by atoms with E-state index in [9.17, 15) is 9.59 Å². The molecule has 0 saturated heterocycles. The zero-order valence-electron chi connectivity index (χ0n) is 10.6. The van der Waals surface area contributed by atoms with Crippen molar-refractivity contribution in [2.45, 2.75) is 0 Å². The van der Waals surface area contributed by atoms with Crippen LogP contribution in [0.4, 0.5) is 0 Å². The molecule has 0 fully saturated rings. The zero-order valence-corrected chi connectivity index (χ0v) is 12.2. The predicted octanol–water partition coefficient (Wildman–Crippen LogP) is 1.29. The van der Waals surface area contributed by atoms with E-state index in [-0.39, 0.29) is 5.56 Å². The number of nitrogens with one attached hydrogen (secondary N) is 1. The van der Waals surface area contributed by atoms with E-state index < -0.39 is 17.6 Å². The van der Waals surface area contributed by atoms with Gasteiger partial charge in [-0.3, -0.25) is 9.59 Å². The van der Waals surface area contributed by atoms with Crippen molar-refractivity contribution >= 4 is 27.6 Å². The Kier molecular flexibility index (Phi) is 4.25. The molecule has 1 atom stereocenters. The summed E-state index contributed by atoms with van der Waals surface area (Å²) in [5, 5.41) is 11.3. The minimum atomic E-state index is -1.38. The highest BCUT2D eigenvalue weighted by molar-refractivity contribution is 9.10. The molecule has 0 saturated carbocycles. The number of fused-ring (bicyclic) bond motifs is 1. The Hall–Kier alpha value is -2.07. The third-order valence-electron chi connectivity index (χ3n) is 2.78. The normalized spacial score (nSPS) is 14.1. The van der Waals surface area contributed by atoms with Crippen LogP contribution in [0.1, 0.15) is 10.4 Å². The van der Waals surface area contributed by atoms with Crippen LogP contribution in [0.25, 0.3) is 0 Å². The van der Waals surface area contributed by atoms with Gasteiger partial charge >= 0.3 is 0 Å². The second-order valence-electron chi connectivity index (χ2n) is 4.02. The number of benzene rings is 1. The summed E-state index contributed by atoms with van der Waals surface area (Å²) in [6, 6.07) is 4.70. The van der Waals surface area contributed by atoms with Gasteiger partial charge in [0.05, 0.1) is 10.5 Å². The Labute approximate surface area is 123 Å². The van der Waals surface area contributed by atoms with Crippen LogP contribution >= 0.6 is 15.9 Å². The highest BCUT2D eigenvalue weighted by Crippen LogP contribution is 2.38.